The second-order valence-corrected chi connectivity index (χ2v) is 5.99. The van der Waals surface area contributed by atoms with Gasteiger partial charge in [0.15, 0.2) is 0 Å². The van der Waals surface area contributed by atoms with Crippen LogP contribution in [0.5, 0.6) is 0 Å². The molecule has 4 heteroatoms. The lowest BCUT2D eigenvalue weighted by Gasteiger charge is -2.30. The first kappa shape index (κ1) is 17.4. The third-order valence-electron chi connectivity index (χ3n) is 4.07. The van der Waals surface area contributed by atoms with Gasteiger partial charge in [-0.05, 0) is 31.4 Å². The zero-order valence-corrected chi connectivity index (χ0v) is 14.0. The molecule has 1 heterocycles. The molecule has 4 nitrogen and oxygen atoms in total. The molecule has 1 amide bonds. The molecule has 1 aliphatic heterocycles. The largest absolute Gasteiger partial charge is 0.390 e. The second-order valence-electron chi connectivity index (χ2n) is 5.99. The SMILES string of the molecule is C/C=C\C=C(/C)C(=O)NC[C@@H](O)CN1CCc2ccccc2C1. The molecule has 23 heavy (non-hydrogen) atoms. The van der Waals surface area contributed by atoms with Crippen LogP contribution in [0.4, 0.5) is 0 Å². The van der Waals surface area contributed by atoms with E-state index in [0.717, 1.165) is 19.5 Å². The highest BCUT2D eigenvalue weighted by Crippen LogP contribution is 2.18. The van der Waals surface area contributed by atoms with Crippen molar-refractivity contribution in [1.29, 1.82) is 0 Å². The highest BCUT2D eigenvalue weighted by atomic mass is 16.3. The molecule has 1 aliphatic rings. The molecule has 0 bridgehead atoms. The van der Waals surface area contributed by atoms with Crippen LogP contribution in [-0.4, -0.2) is 41.7 Å². The van der Waals surface area contributed by atoms with E-state index < -0.39 is 6.10 Å². The first-order chi connectivity index (χ1) is 11.1. The second kappa shape index (κ2) is 8.65. The van der Waals surface area contributed by atoms with Crippen molar-refractivity contribution < 1.29 is 9.90 Å². The summed E-state index contributed by atoms with van der Waals surface area (Å²) in [5, 5.41) is 12.9. The summed E-state index contributed by atoms with van der Waals surface area (Å²) in [5.74, 6) is -0.133. The molecule has 2 rings (SSSR count). The van der Waals surface area contributed by atoms with E-state index >= 15 is 0 Å². The number of aliphatic hydroxyl groups excluding tert-OH is 1. The van der Waals surface area contributed by atoms with Gasteiger partial charge in [-0.3, -0.25) is 9.69 Å². The fourth-order valence-corrected chi connectivity index (χ4v) is 2.74. The Balaban J connectivity index is 1.77. The smallest absolute Gasteiger partial charge is 0.247 e. The summed E-state index contributed by atoms with van der Waals surface area (Å²) in [6.07, 6.45) is 5.93. The highest BCUT2D eigenvalue weighted by Gasteiger charge is 2.18. The van der Waals surface area contributed by atoms with E-state index in [9.17, 15) is 9.90 Å². The monoisotopic (exact) mass is 314 g/mol. The maximum absolute atomic E-state index is 11.9. The molecule has 0 fully saturated rings. The Kier molecular flexibility index (Phi) is 6.56. The summed E-state index contributed by atoms with van der Waals surface area (Å²) in [6, 6.07) is 8.44. The number of amides is 1. The van der Waals surface area contributed by atoms with Crippen molar-refractivity contribution in [3.8, 4) is 0 Å². The number of rotatable bonds is 6. The van der Waals surface area contributed by atoms with Crippen LogP contribution in [0.2, 0.25) is 0 Å². The number of hydrogen-bond acceptors (Lipinski definition) is 3. The van der Waals surface area contributed by atoms with E-state index in [2.05, 4.69) is 34.5 Å². The Hall–Kier alpha value is -1.91. The lowest BCUT2D eigenvalue weighted by Crippen LogP contribution is -2.42. The van der Waals surface area contributed by atoms with Crippen molar-refractivity contribution in [2.45, 2.75) is 32.9 Å². The van der Waals surface area contributed by atoms with Crippen LogP contribution in [0.15, 0.2) is 48.1 Å². The van der Waals surface area contributed by atoms with Gasteiger partial charge in [0, 0.05) is 31.8 Å². The van der Waals surface area contributed by atoms with Crippen LogP contribution in [0.3, 0.4) is 0 Å². The zero-order chi connectivity index (χ0) is 16.7. The van der Waals surface area contributed by atoms with E-state index in [4.69, 9.17) is 0 Å². The number of carbonyl (C=O) groups excluding carboxylic acids is 1. The molecule has 0 radical (unpaired) electrons. The topological polar surface area (TPSA) is 52.6 Å². The molecular weight excluding hydrogens is 288 g/mol. The lowest BCUT2D eigenvalue weighted by molar-refractivity contribution is -0.118. The molecular formula is C19H26N2O2. The molecule has 1 atom stereocenters. The van der Waals surface area contributed by atoms with Crippen molar-refractivity contribution in [2.24, 2.45) is 0 Å². The van der Waals surface area contributed by atoms with Crippen LogP contribution >= 0.6 is 0 Å². The summed E-state index contributed by atoms with van der Waals surface area (Å²) in [7, 11) is 0. The molecule has 0 spiro atoms. The van der Waals surface area contributed by atoms with Crippen molar-refractivity contribution in [3.63, 3.8) is 0 Å². The van der Waals surface area contributed by atoms with E-state index in [-0.39, 0.29) is 12.5 Å². The first-order valence-corrected chi connectivity index (χ1v) is 8.15. The van der Waals surface area contributed by atoms with E-state index in [1.54, 1.807) is 13.0 Å². The summed E-state index contributed by atoms with van der Waals surface area (Å²) < 4.78 is 0. The van der Waals surface area contributed by atoms with Gasteiger partial charge in [0.05, 0.1) is 6.10 Å². The minimum atomic E-state index is -0.557. The average Bonchev–Trinajstić information content (AvgIpc) is 2.57. The maximum Gasteiger partial charge on any atom is 0.247 e. The quantitative estimate of drug-likeness (QED) is 0.624. The van der Waals surface area contributed by atoms with Gasteiger partial charge >= 0.3 is 0 Å². The fraction of sp³-hybridized carbons (Fsp3) is 0.421. The number of allylic oxidation sites excluding steroid dienone is 3. The fourth-order valence-electron chi connectivity index (χ4n) is 2.74. The number of nitrogens with one attached hydrogen (secondary N) is 1. The van der Waals surface area contributed by atoms with Gasteiger partial charge in [-0.25, -0.2) is 0 Å². The molecule has 0 aliphatic carbocycles. The van der Waals surface area contributed by atoms with Crippen LogP contribution in [0.1, 0.15) is 25.0 Å². The number of carbonyl (C=O) groups is 1. The summed E-state index contributed by atoms with van der Waals surface area (Å²) in [6.45, 7) is 6.33. The van der Waals surface area contributed by atoms with Gasteiger partial charge < -0.3 is 10.4 Å². The number of nitrogens with zero attached hydrogens (tertiary/aromatic N) is 1. The van der Waals surface area contributed by atoms with E-state index in [1.165, 1.54) is 11.1 Å². The van der Waals surface area contributed by atoms with Crippen molar-refractivity contribution in [1.82, 2.24) is 10.2 Å². The molecule has 1 aromatic rings. The summed E-state index contributed by atoms with van der Waals surface area (Å²) in [4.78, 5) is 14.1. The van der Waals surface area contributed by atoms with E-state index in [0.29, 0.717) is 12.1 Å². The van der Waals surface area contributed by atoms with Gasteiger partial charge in [-0.2, -0.15) is 0 Å². The van der Waals surface area contributed by atoms with Crippen molar-refractivity contribution >= 4 is 5.91 Å². The first-order valence-electron chi connectivity index (χ1n) is 8.15. The average molecular weight is 314 g/mol. The Bertz CT molecular complexity index is 593. The Morgan fingerprint density at radius 3 is 2.87 bits per heavy atom. The van der Waals surface area contributed by atoms with Gasteiger partial charge in [0.2, 0.25) is 5.91 Å². The van der Waals surface area contributed by atoms with E-state index in [1.807, 2.05) is 19.1 Å². The number of aliphatic hydroxyl groups is 1. The standard InChI is InChI=1S/C19H26N2O2/c1-3-4-7-15(2)19(23)20-12-18(22)14-21-11-10-16-8-5-6-9-17(16)13-21/h3-9,18,22H,10-14H2,1-2H3,(H,20,23)/b4-3-,15-7+/t18-/m1/s1. The van der Waals surface area contributed by atoms with Crippen LogP contribution in [0.25, 0.3) is 0 Å². The van der Waals surface area contributed by atoms with Crippen molar-refractivity contribution in [3.05, 3.63) is 59.2 Å². The third kappa shape index (κ3) is 5.34. The van der Waals surface area contributed by atoms with Crippen LogP contribution in [0, 0.1) is 0 Å². The number of hydrogen-bond donors (Lipinski definition) is 2. The predicted molar refractivity (Wildman–Crippen MR) is 93.0 cm³/mol. The number of benzene rings is 1. The molecule has 124 valence electrons. The van der Waals surface area contributed by atoms with Crippen LogP contribution in [-0.2, 0) is 17.8 Å². The van der Waals surface area contributed by atoms with Gasteiger partial charge in [0.25, 0.3) is 0 Å². The normalized spacial score (nSPS) is 17.1. The Morgan fingerprint density at radius 2 is 2.13 bits per heavy atom. The van der Waals surface area contributed by atoms with Crippen LogP contribution < -0.4 is 5.32 Å². The highest BCUT2D eigenvalue weighted by molar-refractivity contribution is 5.93. The predicted octanol–water partition coefficient (Wildman–Crippen LogP) is 2.04. The minimum absolute atomic E-state index is 0.133. The maximum atomic E-state index is 11.9. The molecule has 0 unspecified atom stereocenters. The molecule has 1 aromatic carbocycles. The Labute approximate surface area is 138 Å². The number of fused-ring (bicyclic) bond motifs is 1. The van der Waals surface area contributed by atoms with Crippen molar-refractivity contribution in [2.75, 3.05) is 19.6 Å². The molecule has 0 aromatic heterocycles. The molecule has 0 saturated carbocycles. The zero-order valence-electron chi connectivity index (χ0n) is 14.0. The van der Waals surface area contributed by atoms with Gasteiger partial charge in [0.1, 0.15) is 0 Å². The summed E-state index contributed by atoms with van der Waals surface area (Å²) >= 11 is 0. The molecule has 0 saturated heterocycles. The molecule has 2 N–H and O–H groups in total. The third-order valence-corrected chi connectivity index (χ3v) is 4.07. The van der Waals surface area contributed by atoms with Gasteiger partial charge in [-0.15, -0.1) is 0 Å². The minimum Gasteiger partial charge on any atom is -0.390 e. The van der Waals surface area contributed by atoms with Gasteiger partial charge in [-0.1, -0.05) is 42.5 Å². The number of β-amino-alcohol motifs (C(OH)–C–C–N with tert-alkyl or cyclic N) is 1. The summed E-state index contributed by atoms with van der Waals surface area (Å²) in [5.41, 5.74) is 3.37. The lowest BCUT2D eigenvalue weighted by atomic mass is 10.00. The Morgan fingerprint density at radius 1 is 1.39 bits per heavy atom.